The van der Waals surface area contributed by atoms with Crippen molar-refractivity contribution in [1.82, 2.24) is 4.98 Å². The fraction of sp³-hybridized carbons (Fsp3) is 0.412. The molecule has 0 unspecified atom stereocenters. The Morgan fingerprint density at radius 2 is 2.04 bits per heavy atom. The quantitative estimate of drug-likeness (QED) is 0.765. The number of carbonyl (C=O) groups excluding carboxylic acids is 1. The molecule has 134 valence electrons. The highest BCUT2D eigenvalue weighted by molar-refractivity contribution is 7.99. The van der Waals surface area contributed by atoms with Gasteiger partial charge in [0.2, 0.25) is 0 Å². The molecule has 3 rings (SSSR count). The average Bonchev–Trinajstić information content (AvgIpc) is 2.60. The number of hydrogen-bond acceptors (Lipinski definition) is 5. The SMILES string of the molecule is CCOC(=O)c1cnc2cc(C(F)(F)F)ccc2c1N1CCSCC1. The van der Waals surface area contributed by atoms with E-state index < -0.39 is 17.7 Å². The van der Waals surface area contributed by atoms with Crippen LogP contribution in [0.15, 0.2) is 24.4 Å². The van der Waals surface area contributed by atoms with Crippen molar-refractivity contribution in [2.45, 2.75) is 13.1 Å². The van der Waals surface area contributed by atoms with Crippen molar-refractivity contribution in [2.24, 2.45) is 0 Å². The third-order valence-corrected chi connectivity index (χ3v) is 4.93. The first-order valence-corrected chi connectivity index (χ1v) is 9.07. The second-order valence-corrected chi connectivity index (χ2v) is 6.79. The summed E-state index contributed by atoms with van der Waals surface area (Å²) < 4.78 is 44.0. The van der Waals surface area contributed by atoms with Crippen molar-refractivity contribution in [2.75, 3.05) is 36.1 Å². The number of rotatable bonds is 3. The van der Waals surface area contributed by atoms with Gasteiger partial charge in [0.15, 0.2) is 0 Å². The molecule has 0 spiro atoms. The van der Waals surface area contributed by atoms with Gasteiger partial charge in [-0.15, -0.1) is 0 Å². The highest BCUT2D eigenvalue weighted by Crippen LogP contribution is 2.36. The maximum Gasteiger partial charge on any atom is 0.416 e. The zero-order valence-electron chi connectivity index (χ0n) is 13.6. The van der Waals surface area contributed by atoms with E-state index in [2.05, 4.69) is 4.98 Å². The molecule has 2 heterocycles. The number of nitrogens with zero attached hydrogens (tertiary/aromatic N) is 2. The molecule has 25 heavy (non-hydrogen) atoms. The maximum atomic E-state index is 13.0. The Balaban J connectivity index is 2.17. The van der Waals surface area contributed by atoms with E-state index >= 15 is 0 Å². The lowest BCUT2D eigenvalue weighted by molar-refractivity contribution is -0.137. The van der Waals surface area contributed by atoms with Crippen molar-refractivity contribution >= 4 is 34.3 Å². The molecule has 0 saturated carbocycles. The van der Waals surface area contributed by atoms with E-state index in [-0.39, 0.29) is 12.1 Å². The average molecular weight is 370 g/mol. The highest BCUT2D eigenvalue weighted by atomic mass is 32.2. The van der Waals surface area contributed by atoms with Crippen molar-refractivity contribution in [3.63, 3.8) is 0 Å². The van der Waals surface area contributed by atoms with Crippen LogP contribution in [0.3, 0.4) is 0 Å². The van der Waals surface area contributed by atoms with Gasteiger partial charge in [-0.05, 0) is 19.1 Å². The van der Waals surface area contributed by atoms with E-state index in [1.54, 1.807) is 18.7 Å². The van der Waals surface area contributed by atoms with Gasteiger partial charge >= 0.3 is 12.1 Å². The topological polar surface area (TPSA) is 42.4 Å². The van der Waals surface area contributed by atoms with E-state index in [4.69, 9.17) is 4.74 Å². The van der Waals surface area contributed by atoms with Crippen LogP contribution in [0.5, 0.6) is 0 Å². The van der Waals surface area contributed by atoms with Gasteiger partial charge in [-0.25, -0.2) is 4.79 Å². The fourth-order valence-electron chi connectivity index (χ4n) is 2.84. The molecular formula is C17H17F3N2O2S. The largest absolute Gasteiger partial charge is 0.462 e. The second kappa shape index (κ2) is 7.11. The normalized spacial score (nSPS) is 15.4. The predicted molar refractivity (Wildman–Crippen MR) is 92.2 cm³/mol. The Morgan fingerprint density at radius 1 is 1.32 bits per heavy atom. The summed E-state index contributed by atoms with van der Waals surface area (Å²) in [5, 5.41) is 0.533. The standard InChI is InChI=1S/C17H17F3N2O2S/c1-2-24-16(23)13-10-21-14-9-11(17(18,19)20)3-4-12(14)15(13)22-5-7-25-8-6-22/h3-4,9-10H,2,5-8H2,1H3. The summed E-state index contributed by atoms with van der Waals surface area (Å²) in [5.74, 6) is 1.28. The molecule has 2 aromatic rings. The monoisotopic (exact) mass is 370 g/mol. The highest BCUT2D eigenvalue weighted by Gasteiger charge is 2.31. The molecule has 1 aliphatic rings. The van der Waals surface area contributed by atoms with Gasteiger partial charge in [0.1, 0.15) is 5.56 Å². The number of halogens is 3. The Labute approximate surface area is 147 Å². The first-order chi connectivity index (χ1) is 11.9. The van der Waals surface area contributed by atoms with Gasteiger partial charge in [-0.1, -0.05) is 6.07 Å². The Kier molecular flexibility index (Phi) is 5.08. The summed E-state index contributed by atoms with van der Waals surface area (Å²) in [6.07, 6.45) is -3.12. The minimum Gasteiger partial charge on any atom is -0.462 e. The van der Waals surface area contributed by atoms with Crippen LogP contribution in [0, 0.1) is 0 Å². The van der Waals surface area contributed by atoms with Gasteiger partial charge in [-0.3, -0.25) is 4.98 Å². The summed E-state index contributed by atoms with van der Waals surface area (Å²) in [4.78, 5) is 18.4. The fourth-order valence-corrected chi connectivity index (χ4v) is 3.74. The molecule has 0 bridgehead atoms. The number of aromatic nitrogens is 1. The smallest absolute Gasteiger partial charge is 0.416 e. The predicted octanol–water partition coefficient (Wildman–Crippen LogP) is 3.98. The third kappa shape index (κ3) is 3.68. The molecule has 0 atom stereocenters. The summed E-state index contributed by atoms with van der Waals surface area (Å²) in [6, 6.07) is 3.44. The minimum atomic E-state index is -4.43. The molecule has 4 nitrogen and oxygen atoms in total. The van der Waals surface area contributed by atoms with Crippen LogP contribution in [-0.2, 0) is 10.9 Å². The van der Waals surface area contributed by atoms with Crippen LogP contribution < -0.4 is 4.90 Å². The number of thioether (sulfide) groups is 1. The zero-order valence-corrected chi connectivity index (χ0v) is 14.4. The van der Waals surface area contributed by atoms with Gasteiger partial charge in [0.05, 0.1) is 23.4 Å². The number of anilines is 1. The number of pyridine rings is 1. The van der Waals surface area contributed by atoms with E-state index in [1.165, 1.54) is 12.3 Å². The number of alkyl halides is 3. The molecule has 1 saturated heterocycles. The third-order valence-electron chi connectivity index (χ3n) is 3.99. The number of carbonyl (C=O) groups is 1. The summed E-state index contributed by atoms with van der Waals surface area (Å²) >= 11 is 1.81. The Morgan fingerprint density at radius 3 is 2.68 bits per heavy atom. The van der Waals surface area contributed by atoms with Crippen molar-refractivity contribution in [3.8, 4) is 0 Å². The van der Waals surface area contributed by atoms with Crippen LogP contribution in [-0.4, -0.2) is 42.2 Å². The van der Waals surface area contributed by atoms with Crippen molar-refractivity contribution in [1.29, 1.82) is 0 Å². The number of benzene rings is 1. The molecule has 1 fully saturated rings. The molecule has 0 aliphatic carbocycles. The zero-order chi connectivity index (χ0) is 18.0. The maximum absolute atomic E-state index is 13.0. The molecule has 8 heteroatoms. The summed E-state index contributed by atoms with van der Waals surface area (Å²) in [6.45, 7) is 3.37. The number of esters is 1. The minimum absolute atomic E-state index is 0.219. The van der Waals surface area contributed by atoms with E-state index in [0.29, 0.717) is 16.6 Å². The van der Waals surface area contributed by atoms with Gasteiger partial charge in [0.25, 0.3) is 0 Å². The molecule has 0 radical (unpaired) electrons. The van der Waals surface area contributed by atoms with Crippen LogP contribution >= 0.6 is 11.8 Å². The van der Waals surface area contributed by atoms with Crippen LogP contribution in [0.25, 0.3) is 10.9 Å². The number of hydrogen-bond donors (Lipinski definition) is 0. The van der Waals surface area contributed by atoms with E-state index in [1.807, 2.05) is 4.90 Å². The molecule has 0 N–H and O–H groups in total. The van der Waals surface area contributed by atoms with E-state index in [9.17, 15) is 18.0 Å². The number of ether oxygens (including phenoxy) is 1. The lowest BCUT2D eigenvalue weighted by atomic mass is 10.1. The molecule has 0 amide bonds. The first kappa shape index (κ1) is 17.8. The first-order valence-electron chi connectivity index (χ1n) is 7.91. The Bertz CT molecular complexity index is 789. The summed E-state index contributed by atoms with van der Waals surface area (Å²) in [7, 11) is 0. The Hall–Kier alpha value is -1.96. The molecule has 1 aliphatic heterocycles. The van der Waals surface area contributed by atoms with Gasteiger partial charge in [0, 0.05) is 36.2 Å². The number of fused-ring (bicyclic) bond motifs is 1. The second-order valence-electron chi connectivity index (χ2n) is 5.57. The molecule has 1 aromatic carbocycles. The van der Waals surface area contributed by atoms with Gasteiger partial charge in [-0.2, -0.15) is 24.9 Å². The molecular weight excluding hydrogens is 353 g/mol. The lowest BCUT2D eigenvalue weighted by Gasteiger charge is -2.31. The van der Waals surface area contributed by atoms with Crippen LogP contribution in [0.1, 0.15) is 22.8 Å². The van der Waals surface area contributed by atoms with Crippen LogP contribution in [0.4, 0.5) is 18.9 Å². The van der Waals surface area contributed by atoms with E-state index in [0.717, 1.165) is 36.7 Å². The summed E-state index contributed by atoms with van der Waals surface area (Å²) in [5.41, 5.74) is 0.367. The molecule has 1 aromatic heterocycles. The van der Waals surface area contributed by atoms with Crippen molar-refractivity contribution in [3.05, 3.63) is 35.5 Å². The van der Waals surface area contributed by atoms with Crippen molar-refractivity contribution < 1.29 is 22.7 Å². The lowest BCUT2D eigenvalue weighted by Crippen LogP contribution is -2.34. The van der Waals surface area contributed by atoms with Gasteiger partial charge < -0.3 is 9.64 Å². The van der Waals surface area contributed by atoms with Crippen LogP contribution in [0.2, 0.25) is 0 Å².